The van der Waals surface area contributed by atoms with Crippen molar-refractivity contribution < 1.29 is 9.53 Å². The lowest BCUT2D eigenvalue weighted by Gasteiger charge is -2.11. The third-order valence-electron chi connectivity index (χ3n) is 3.71. The Morgan fingerprint density at radius 3 is 2.43 bits per heavy atom. The van der Waals surface area contributed by atoms with E-state index in [2.05, 4.69) is 55.7 Å². The Morgan fingerprint density at radius 2 is 1.75 bits per heavy atom. The van der Waals surface area contributed by atoms with Crippen molar-refractivity contribution in [3.63, 3.8) is 0 Å². The maximum atomic E-state index is 12.1. The normalized spacial score (nSPS) is 10.8. The van der Waals surface area contributed by atoms with E-state index in [1.165, 1.54) is 0 Å². The van der Waals surface area contributed by atoms with Gasteiger partial charge < -0.3 is 4.74 Å². The van der Waals surface area contributed by atoms with Crippen LogP contribution < -0.4 is 10.2 Å². The van der Waals surface area contributed by atoms with E-state index < -0.39 is 0 Å². The fourth-order valence-corrected chi connectivity index (χ4v) is 4.70. The van der Waals surface area contributed by atoms with Crippen LogP contribution in [0.4, 0.5) is 0 Å². The van der Waals surface area contributed by atoms with Crippen LogP contribution >= 0.6 is 56.8 Å². The van der Waals surface area contributed by atoms with Crippen molar-refractivity contribution in [1.82, 2.24) is 5.43 Å². The Hall–Kier alpha value is -1.65. The second-order valence-corrected chi connectivity index (χ2v) is 8.56. The van der Waals surface area contributed by atoms with E-state index in [9.17, 15) is 4.79 Å². The van der Waals surface area contributed by atoms with Crippen LogP contribution in [0.25, 0.3) is 0 Å². The quantitative estimate of drug-likeness (QED) is 0.213. The van der Waals surface area contributed by atoms with Gasteiger partial charge in [0, 0.05) is 10.6 Å². The third-order valence-corrected chi connectivity index (χ3v) is 5.55. The first-order valence-electron chi connectivity index (χ1n) is 8.27. The molecule has 0 aliphatic carbocycles. The van der Waals surface area contributed by atoms with Gasteiger partial charge in [-0.1, -0.05) is 48.0 Å². The third kappa shape index (κ3) is 5.92. The van der Waals surface area contributed by atoms with Crippen LogP contribution in [0.3, 0.4) is 0 Å². The fraction of sp³-hybridized carbons (Fsp3) is 0.0476. The van der Waals surface area contributed by atoms with Gasteiger partial charge in [-0.25, -0.2) is 5.43 Å². The summed E-state index contributed by atoms with van der Waals surface area (Å²) >= 11 is 10.4. The molecule has 3 aromatic carbocycles. The number of hydrogen-bond acceptors (Lipinski definition) is 3. The summed E-state index contributed by atoms with van der Waals surface area (Å²) in [6.07, 6.45) is 1.60. The number of amides is 1. The monoisotopic (exact) mass is 616 g/mol. The first-order valence-corrected chi connectivity index (χ1v) is 10.8. The number of benzene rings is 3. The lowest BCUT2D eigenvalue weighted by Crippen LogP contribution is -2.17. The summed E-state index contributed by atoms with van der Waals surface area (Å²) in [6.45, 7) is 0.510. The molecule has 1 N–H and O–H groups in total. The summed E-state index contributed by atoms with van der Waals surface area (Å²) in [5.41, 5.74) is 4.95. The Labute approximate surface area is 195 Å². The number of nitrogens with zero attached hydrogens (tertiary/aromatic N) is 1. The molecule has 3 rings (SSSR count). The highest BCUT2D eigenvalue weighted by molar-refractivity contribution is 14.1. The summed E-state index contributed by atoms with van der Waals surface area (Å²) in [5, 5.41) is 4.54. The highest BCUT2D eigenvalue weighted by Crippen LogP contribution is 2.29. The maximum absolute atomic E-state index is 12.1. The molecule has 0 aliphatic heterocycles. The molecule has 3 aromatic rings. The Kier molecular flexibility index (Phi) is 7.69. The minimum absolute atomic E-state index is 0.314. The standard InChI is InChI=1S/C21H15ClI2N2O2/c22-17-8-4-7-16(11-17)21(27)26-25-12-15-9-18(23)20(19(24)10-15)28-13-14-5-2-1-3-6-14/h1-12H,13H2,(H,26,27). The van der Waals surface area contributed by atoms with Crippen molar-refractivity contribution in [1.29, 1.82) is 0 Å². The van der Waals surface area contributed by atoms with Crippen molar-refractivity contribution >= 4 is 68.9 Å². The van der Waals surface area contributed by atoms with E-state index in [-0.39, 0.29) is 5.91 Å². The van der Waals surface area contributed by atoms with Crippen LogP contribution in [0.5, 0.6) is 5.75 Å². The number of hydrazone groups is 1. The molecule has 0 bridgehead atoms. The van der Waals surface area contributed by atoms with Gasteiger partial charge in [0.2, 0.25) is 0 Å². The van der Waals surface area contributed by atoms with Crippen LogP contribution in [-0.2, 0) is 6.61 Å². The summed E-state index contributed by atoms with van der Waals surface area (Å²) in [6, 6.07) is 20.7. The van der Waals surface area contributed by atoms with Crippen LogP contribution in [0.1, 0.15) is 21.5 Å². The molecule has 0 radical (unpaired) electrons. The first kappa shape index (κ1) is 21.1. The number of rotatable bonds is 6. The second-order valence-electron chi connectivity index (χ2n) is 5.80. The van der Waals surface area contributed by atoms with E-state index in [0.717, 1.165) is 24.0 Å². The molecule has 7 heteroatoms. The van der Waals surface area contributed by atoms with Crippen LogP contribution in [0.15, 0.2) is 71.8 Å². The van der Waals surface area contributed by atoms with E-state index in [4.69, 9.17) is 16.3 Å². The molecule has 1 amide bonds. The lowest BCUT2D eigenvalue weighted by molar-refractivity contribution is 0.0955. The Morgan fingerprint density at radius 1 is 1.04 bits per heavy atom. The number of carbonyl (C=O) groups excluding carboxylic acids is 1. The molecule has 0 saturated carbocycles. The highest BCUT2D eigenvalue weighted by Gasteiger charge is 2.09. The summed E-state index contributed by atoms with van der Waals surface area (Å²) in [5.74, 6) is 0.524. The molecule has 142 valence electrons. The number of halogens is 3. The van der Waals surface area contributed by atoms with Gasteiger partial charge in [-0.2, -0.15) is 5.10 Å². The van der Waals surface area contributed by atoms with Gasteiger partial charge in [0.25, 0.3) is 5.91 Å². The minimum Gasteiger partial charge on any atom is -0.487 e. The molecule has 0 fully saturated rings. The fourth-order valence-electron chi connectivity index (χ4n) is 2.38. The number of carbonyl (C=O) groups is 1. The van der Waals surface area contributed by atoms with Gasteiger partial charge >= 0.3 is 0 Å². The molecule has 0 saturated heterocycles. The first-order chi connectivity index (χ1) is 13.5. The van der Waals surface area contributed by atoms with Crippen molar-refractivity contribution in [2.24, 2.45) is 5.10 Å². The van der Waals surface area contributed by atoms with Gasteiger partial charge in [-0.15, -0.1) is 0 Å². The Balaban J connectivity index is 1.65. The van der Waals surface area contributed by atoms with Gasteiger partial charge in [0.05, 0.1) is 13.4 Å². The zero-order chi connectivity index (χ0) is 19.9. The van der Waals surface area contributed by atoms with Crippen molar-refractivity contribution in [3.05, 3.63) is 95.6 Å². The van der Waals surface area contributed by atoms with Crippen molar-refractivity contribution in [2.45, 2.75) is 6.61 Å². The summed E-state index contributed by atoms with van der Waals surface area (Å²) in [7, 11) is 0. The van der Waals surface area contributed by atoms with Crippen LogP contribution in [0.2, 0.25) is 5.02 Å². The molecule has 4 nitrogen and oxygen atoms in total. The average Bonchev–Trinajstić information content (AvgIpc) is 2.68. The zero-order valence-electron chi connectivity index (χ0n) is 14.5. The predicted octanol–water partition coefficient (Wildman–Crippen LogP) is 5.89. The molecular formula is C21H15ClI2N2O2. The molecule has 0 atom stereocenters. The van der Waals surface area contributed by atoms with Crippen LogP contribution in [0, 0.1) is 7.14 Å². The Bertz CT molecular complexity index is 987. The number of hydrogen-bond donors (Lipinski definition) is 1. The maximum Gasteiger partial charge on any atom is 0.271 e. The summed E-state index contributed by atoms with van der Waals surface area (Å²) in [4.78, 5) is 12.1. The van der Waals surface area contributed by atoms with Gasteiger partial charge in [0.15, 0.2) is 0 Å². The molecule has 0 spiro atoms. The van der Waals surface area contributed by atoms with E-state index in [1.54, 1.807) is 30.5 Å². The van der Waals surface area contributed by atoms with Gasteiger partial charge in [0.1, 0.15) is 12.4 Å². The minimum atomic E-state index is -0.314. The van der Waals surface area contributed by atoms with Crippen molar-refractivity contribution in [2.75, 3.05) is 0 Å². The summed E-state index contributed by atoms with van der Waals surface area (Å²) < 4.78 is 7.93. The molecule has 0 aliphatic rings. The SMILES string of the molecule is O=C(NN=Cc1cc(I)c(OCc2ccccc2)c(I)c1)c1cccc(Cl)c1. The second kappa shape index (κ2) is 10.2. The van der Waals surface area contributed by atoms with Crippen LogP contribution in [-0.4, -0.2) is 12.1 Å². The average molecular weight is 617 g/mol. The predicted molar refractivity (Wildman–Crippen MR) is 129 cm³/mol. The molecule has 0 heterocycles. The highest BCUT2D eigenvalue weighted by atomic mass is 127. The number of ether oxygens (including phenoxy) is 1. The molecule has 0 aromatic heterocycles. The zero-order valence-corrected chi connectivity index (χ0v) is 19.6. The smallest absolute Gasteiger partial charge is 0.271 e. The molecular weight excluding hydrogens is 602 g/mol. The molecule has 0 unspecified atom stereocenters. The topological polar surface area (TPSA) is 50.7 Å². The van der Waals surface area contributed by atoms with E-state index in [1.807, 2.05) is 42.5 Å². The largest absolute Gasteiger partial charge is 0.487 e. The van der Waals surface area contributed by atoms with E-state index in [0.29, 0.717) is 17.2 Å². The van der Waals surface area contributed by atoms with E-state index >= 15 is 0 Å². The molecule has 28 heavy (non-hydrogen) atoms. The van der Waals surface area contributed by atoms with Gasteiger partial charge in [-0.3, -0.25) is 4.79 Å². The van der Waals surface area contributed by atoms with Crippen molar-refractivity contribution in [3.8, 4) is 5.75 Å². The lowest BCUT2D eigenvalue weighted by atomic mass is 10.2. The van der Waals surface area contributed by atoms with Gasteiger partial charge in [-0.05, 0) is 86.6 Å². The number of nitrogens with one attached hydrogen (secondary N) is 1.